The van der Waals surface area contributed by atoms with Gasteiger partial charge >= 0.3 is 0 Å². The second-order valence-electron chi connectivity index (χ2n) is 5.44. The number of hydrogen-bond donors (Lipinski definition) is 2. The number of thioether (sulfide) groups is 1. The minimum atomic E-state index is 0.730. The second-order valence-corrected chi connectivity index (χ2v) is 7.90. The summed E-state index contributed by atoms with van der Waals surface area (Å²) in [5, 5.41) is 7.96. The van der Waals surface area contributed by atoms with E-state index in [1.807, 2.05) is 0 Å². The van der Waals surface area contributed by atoms with E-state index < -0.39 is 0 Å². The smallest absolute Gasteiger partial charge is 0.226 e. The van der Waals surface area contributed by atoms with Gasteiger partial charge in [-0.1, -0.05) is 0 Å². The normalized spacial score (nSPS) is 16.3. The monoisotopic (exact) mass is 322 g/mol. The maximum Gasteiger partial charge on any atom is 0.226 e. The van der Waals surface area contributed by atoms with E-state index in [0.717, 1.165) is 41.0 Å². The summed E-state index contributed by atoms with van der Waals surface area (Å²) in [5.41, 5.74) is 0. The molecule has 0 aromatic carbocycles. The lowest BCUT2D eigenvalue weighted by Gasteiger charge is -2.22. The van der Waals surface area contributed by atoms with Crippen LogP contribution in [0.4, 0.5) is 11.8 Å². The molecule has 0 spiro atoms. The average molecular weight is 323 g/mol. The van der Waals surface area contributed by atoms with Gasteiger partial charge in [0, 0.05) is 18.0 Å². The molecule has 0 bridgehead atoms. The molecule has 21 heavy (non-hydrogen) atoms. The summed E-state index contributed by atoms with van der Waals surface area (Å²) in [5.74, 6) is 5.09. The molecule has 1 aliphatic rings. The number of aromatic nitrogens is 2. The number of thiophene rings is 1. The molecular formula is C15H22N4S2. The first-order valence-corrected chi connectivity index (χ1v) is 9.57. The van der Waals surface area contributed by atoms with Crippen molar-refractivity contribution in [3.8, 4) is 0 Å². The van der Waals surface area contributed by atoms with E-state index in [2.05, 4.69) is 52.3 Å². The number of nitrogens with zero attached hydrogens (tertiary/aromatic N) is 2. The van der Waals surface area contributed by atoms with Gasteiger partial charge in [-0.05, 0) is 50.2 Å². The van der Waals surface area contributed by atoms with Gasteiger partial charge in [-0.2, -0.15) is 16.7 Å². The van der Waals surface area contributed by atoms with Crippen LogP contribution in [0.2, 0.25) is 0 Å². The van der Waals surface area contributed by atoms with Crippen molar-refractivity contribution in [3.63, 3.8) is 0 Å². The molecule has 0 radical (unpaired) electrons. The molecule has 1 saturated heterocycles. The van der Waals surface area contributed by atoms with Crippen molar-refractivity contribution in [3.05, 3.63) is 10.9 Å². The molecule has 1 fully saturated rings. The predicted molar refractivity (Wildman–Crippen MR) is 94.9 cm³/mol. The molecule has 4 nitrogen and oxygen atoms in total. The molecule has 0 atom stereocenters. The topological polar surface area (TPSA) is 49.8 Å². The van der Waals surface area contributed by atoms with Crippen LogP contribution in [0.5, 0.6) is 0 Å². The van der Waals surface area contributed by atoms with Gasteiger partial charge in [0.15, 0.2) is 0 Å². The van der Waals surface area contributed by atoms with Crippen LogP contribution in [0.25, 0.3) is 10.2 Å². The highest BCUT2D eigenvalue weighted by molar-refractivity contribution is 7.99. The highest BCUT2D eigenvalue weighted by atomic mass is 32.2. The molecular weight excluding hydrogens is 300 g/mol. The molecule has 0 aliphatic carbocycles. The van der Waals surface area contributed by atoms with Gasteiger partial charge in [0.1, 0.15) is 10.6 Å². The fourth-order valence-corrected chi connectivity index (χ4v) is 4.69. The predicted octanol–water partition coefficient (Wildman–Crippen LogP) is 3.99. The summed E-state index contributed by atoms with van der Waals surface area (Å²) in [6.07, 6.45) is 2.63. The summed E-state index contributed by atoms with van der Waals surface area (Å²) in [7, 11) is 0. The van der Waals surface area contributed by atoms with Crippen LogP contribution in [0.3, 0.4) is 0 Å². The van der Waals surface area contributed by atoms with Crippen molar-refractivity contribution in [2.24, 2.45) is 5.92 Å². The Labute approximate surface area is 134 Å². The number of rotatable bonds is 5. The Hall–Kier alpha value is -1.01. The number of nitrogens with one attached hydrogen (secondary N) is 2. The van der Waals surface area contributed by atoms with Gasteiger partial charge in [0.2, 0.25) is 5.95 Å². The van der Waals surface area contributed by atoms with E-state index in [1.165, 1.54) is 29.2 Å². The summed E-state index contributed by atoms with van der Waals surface area (Å²) >= 11 is 3.81. The molecule has 2 aromatic rings. The second kappa shape index (κ2) is 6.83. The van der Waals surface area contributed by atoms with Crippen LogP contribution >= 0.6 is 23.1 Å². The lowest BCUT2D eigenvalue weighted by atomic mass is 10.0. The lowest BCUT2D eigenvalue weighted by molar-refractivity contribution is 0.516. The Balaban J connectivity index is 1.81. The quantitative estimate of drug-likeness (QED) is 0.872. The molecule has 6 heteroatoms. The summed E-state index contributed by atoms with van der Waals surface area (Å²) in [6, 6.07) is 2.19. The maximum atomic E-state index is 4.66. The Kier molecular flexibility index (Phi) is 4.85. The Morgan fingerprint density at radius 1 is 1.24 bits per heavy atom. The minimum absolute atomic E-state index is 0.730. The van der Waals surface area contributed by atoms with Crippen molar-refractivity contribution in [2.75, 3.05) is 35.2 Å². The van der Waals surface area contributed by atoms with Crippen LogP contribution in [-0.4, -0.2) is 34.6 Å². The van der Waals surface area contributed by atoms with E-state index in [0.29, 0.717) is 0 Å². The summed E-state index contributed by atoms with van der Waals surface area (Å²) in [4.78, 5) is 11.6. The van der Waals surface area contributed by atoms with Crippen LogP contribution in [0.1, 0.15) is 24.6 Å². The first kappa shape index (κ1) is 14.9. The molecule has 2 aromatic heterocycles. The molecule has 2 N–H and O–H groups in total. The van der Waals surface area contributed by atoms with Crippen LogP contribution in [0, 0.1) is 12.8 Å². The van der Waals surface area contributed by atoms with Crippen LogP contribution < -0.4 is 10.6 Å². The maximum absolute atomic E-state index is 4.66. The lowest BCUT2D eigenvalue weighted by Crippen LogP contribution is -2.20. The number of aryl methyl sites for hydroxylation is 1. The average Bonchev–Trinajstić information content (AvgIpc) is 2.86. The summed E-state index contributed by atoms with van der Waals surface area (Å²) < 4.78 is 0. The first-order chi connectivity index (χ1) is 10.3. The molecule has 3 rings (SSSR count). The van der Waals surface area contributed by atoms with E-state index >= 15 is 0 Å². The van der Waals surface area contributed by atoms with Crippen LogP contribution in [-0.2, 0) is 0 Å². The molecule has 0 amide bonds. The Morgan fingerprint density at radius 2 is 2.05 bits per heavy atom. The largest absolute Gasteiger partial charge is 0.369 e. The van der Waals surface area contributed by atoms with Gasteiger partial charge in [0.25, 0.3) is 0 Å². The van der Waals surface area contributed by atoms with Crippen molar-refractivity contribution in [1.29, 1.82) is 0 Å². The van der Waals surface area contributed by atoms with Gasteiger partial charge in [-0.3, -0.25) is 0 Å². The molecule has 0 saturated carbocycles. The minimum Gasteiger partial charge on any atom is -0.369 e. The van der Waals surface area contributed by atoms with Crippen molar-refractivity contribution in [1.82, 2.24) is 9.97 Å². The third-order valence-corrected chi connectivity index (χ3v) is 5.74. The molecule has 114 valence electrons. The zero-order chi connectivity index (χ0) is 14.7. The fraction of sp³-hybridized carbons (Fsp3) is 0.600. The van der Waals surface area contributed by atoms with Gasteiger partial charge < -0.3 is 10.6 Å². The van der Waals surface area contributed by atoms with Crippen molar-refractivity contribution >= 4 is 45.1 Å². The third-order valence-electron chi connectivity index (χ3n) is 3.75. The Bertz CT molecular complexity index is 605. The highest BCUT2D eigenvalue weighted by Crippen LogP contribution is 2.30. The molecule has 1 aliphatic heterocycles. The Morgan fingerprint density at radius 3 is 2.81 bits per heavy atom. The first-order valence-electron chi connectivity index (χ1n) is 7.60. The standard InChI is InChI=1S/C15H22N4S2/c1-3-16-15-18-13(12-8-10(2)21-14(12)19-15)17-9-11-4-6-20-7-5-11/h8,11H,3-7,9H2,1-2H3,(H2,16,17,18,19). The van der Waals surface area contributed by atoms with Gasteiger partial charge in [0.05, 0.1) is 5.39 Å². The SMILES string of the molecule is CCNc1nc(NCC2CCSCC2)c2cc(C)sc2n1. The van der Waals surface area contributed by atoms with Crippen LogP contribution in [0.15, 0.2) is 6.07 Å². The molecule has 3 heterocycles. The van der Waals surface area contributed by atoms with E-state index in [-0.39, 0.29) is 0 Å². The van der Waals surface area contributed by atoms with E-state index in [1.54, 1.807) is 11.3 Å². The van der Waals surface area contributed by atoms with Crippen molar-refractivity contribution < 1.29 is 0 Å². The molecule has 0 unspecified atom stereocenters. The third kappa shape index (κ3) is 3.61. The van der Waals surface area contributed by atoms with Gasteiger partial charge in [-0.15, -0.1) is 11.3 Å². The summed E-state index contributed by atoms with van der Waals surface area (Å²) in [6.45, 7) is 6.06. The number of fused-ring (bicyclic) bond motifs is 1. The fourth-order valence-electron chi connectivity index (χ4n) is 2.61. The highest BCUT2D eigenvalue weighted by Gasteiger charge is 2.15. The zero-order valence-corrected chi connectivity index (χ0v) is 14.2. The number of hydrogen-bond acceptors (Lipinski definition) is 6. The number of anilines is 2. The van der Waals surface area contributed by atoms with E-state index in [9.17, 15) is 0 Å². The van der Waals surface area contributed by atoms with Crippen molar-refractivity contribution in [2.45, 2.75) is 26.7 Å². The zero-order valence-electron chi connectivity index (χ0n) is 12.6. The van der Waals surface area contributed by atoms with E-state index in [4.69, 9.17) is 0 Å². The van der Waals surface area contributed by atoms with Gasteiger partial charge in [-0.25, -0.2) is 4.98 Å².